The molecule has 0 unspecified atom stereocenters. The van der Waals surface area contributed by atoms with Crippen molar-refractivity contribution in [2.24, 2.45) is 0 Å². The Labute approximate surface area is 148 Å². The van der Waals surface area contributed by atoms with Gasteiger partial charge in [-0.05, 0) is 43.5 Å². The quantitative estimate of drug-likeness (QED) is 0.834. The molecule has 0 aliphatic carbocycles. The van der Waals surface area contributed by atoms with Gasteiger partial charge in [0.25, 0.3) is 0 Å². The largest absolute Gasteiger partial charge is 0.481 e. The van der Waals surface area contributed by atoms with Crippen LogP contribution >= 0.6 is 0 Å². The third-order valence-electron chi connectivity index (χ3n) is 4.70. The highest BCUT2D eigenvalue weighted by Gasteiger charge is 2.25. The van der Waals surface area contributed by atoms with E-state index in [4.69, 9.17) is 5.11 Å². The molecule has 25 heavy (non-hydrogen) atoms. The second-order valence-electron chi connectivity index (χ2n) is 6.42. The van der Waals surface area contributed by atoms with Crippen LogP contribution < -0.4 is 0 Å². The van der Waals surface area contributed by atoms with Crippen molar-refractivity contribution in [3.63, 3.8) is 0 Å². The van der Waals surface area contributed by atoms with Crippen LogP contribution in [0.15, 0.2) is 60.8 Å². The van der Waals surface area contributed by atoms with Gasteiger partial charge in [0, 0.05) is 24.4 Å². The second-order valence-corrected chi connectivity index (χ2v) is 6.42. The third kappa shape index (κ3) is 4.77. The molecule has 0 amide bonds. The maximum atomic E-state index is 11.0. The zero-order valence-electron chi connectivity index (χ0n) is 14.3. The molecular weight excluding hydrogens is 312 g/mol. The monoisotopic (exact) mass is 336 g/mol. The highest BCUT2D eigenvalue weighted by atomic mass is 16.4. The van der Waals surface area contributed by atoms with Gasteiger partial charge in [-0.15, -0.1) is 0 Å². The molecule has 0 saturated carbocycles. The Morgan fingerprint density at radius 1 is 1.20 bits per heavy atom. The number of likely N-dealkylation sites (tertiary alicyclic amines) is 1. The minimum absolute atomic E-state index is 0.181. The Balaban J connectivity index is 1.72. The number of hydrogen-bond acceptors (Lipinski definition) is 3. The minimum Gasteiger partial charge on any atom is -0.481 e. The Hall–Kier alpha value is -2.46. The standard InChI is InChI=1S/C21H24N2O2/c24-21(25)16-18-10-6-14-23(18)15-7-11-19(17-8-2-1-3-9-17)20-12-4-5-13-22-20/h1-5,8-9,11-13,18H,6-7,10,14-16H2,(H,24,25)/t18-/m0/s1. The van der Waals surface area contributed by atoms with E-state index in [-0.39, 0.29) is 12.5 Å². The highest BCUT2D eigenvalue weighted by molar-refractivity contribution is 5.77. The summed E-state index contributed by atoms with van der Waals surface area (Å²) < 4.78 is 0. The number of carboxylic acid groups (broad SMARTS) is 1. The number of aliphatic carboxylic acids is 1. The molecular formula is C21H24N2O2. The molecule has 3 rings (SSSR count). The summed E-state index contributed by atoms with van der Waals surface area (Å²) in [6.45, 7) is 1.89. The topological polar surface area (TPSA) is 53.4 Å². The molecule has 1 atom stereocenters. The summed E-state index contributed by atoms with van der Waals surface area (Å²) in [5.41, 5.74) is 3.26. The molecule has 0 spiro atoms. The summed E-state index contributed by atoms with van der Waals surface area (Å²) in [6, 6.07) is 16.4. The van der Waals surface area contributed by atoms with Gasteiger partial charge >= 0.3 is 5.97 Å². The lowest BCUT2D eigenvalue weighted by Gasteiger charge is -2.22. The molecule has 1 N–H and O–H groups in total. The summed E-state index contributed by atoms with van der Waals surface area (Å²) in [5.74, 6) is -0.703. The van der Waals surface area contributed by atoms with Crippen molar-refractivity contribution >= 4 is 11.5 Å². The number of benzene rings is 1. The van der Waals surface area contributed by atoms with E-state index < -0.39 is 5.97 Å². The summed E-state index contributed by atoms with van der Waals surface area (Å²) in [6.07, 6.45) is 7.25. The molecule has 1 aromatic heterocycles. The normalized spacial score (nSPS) is 18.4. The molecule has 1 fully saturated rings. The summed E-state index contributed by atoms with van der Waals surface area (Å²) in [5, 5.41) is 9.06. The second kappa shape index (κ2) is 8.58. The molecule has 0 bridgehead atoms. The molecule has 130 valence electrons. The Kier molecular flexibility index (Phi) is 5.96. The lowest BCUT2D eigenvalue weighted by Crippen LogP contribution is -2.32. The van der Waals surface area contributed by atoms with Crippen LogP contribution in [0.1, 0.15) is 36.9 Å². The molecule has 2 heterocycles. The van der Waals surface area contributed by atoms with E-state index in [0.717, 1.165) is 49.2 Å². The Morgan fingerprint density at radius 3 is 2.72 bits per heavy atom. The Bertz CT molecular complexity index is 672. The number of hydrogen-bond donors (Lipinski definition) is 1. The molecule has 1 aliphatic heterocycles. The number of carboxylic acids is 1. The lowest BCUT2D eigenvalue weighted by atomic mass is 10.0. The van der Waals surface area contributed by atoms with Crippen molar-refractivity contribution in [1.29, 1.82) is 0 Å². The van der Waals surface area contributed by atoms with E-state index in [1.54, 1.807) is 0 Å². The van der Waals surface area contributed by atoms with Gasteiger partial charge in [0.15, 0.2) is 0 Å². The van der Waals surface area contributed by atoms with Gasteiger partial charge in [-0.3, -0.25) is 14.7 Å². The molecule has 2 aromatic rings. The maximum Gasteiger partial charge on any atom is 0.304 e. The van der Waals surface area contributed by atoms with Crippen LogP contribution in [0.25, 0.3) is 5.57 Å². The SMILES string of the molecule is O=C(O)C[C@@H]1CCCN1CCC=C(c1ccccc1)c1ccccn1. The molecule has 4 heteroatoms. The van der Waals surface area contributed by atoms with Gasteiger partial charge in [0.1, 0.15) is 0 Å². The predicted octanol–water partition coefficient (Wildman–Crippen LogP) is 3.84. The first-order chi connectivity index (χ1) is 12.2. The fraction of sp³-hybridized carbons (Fsp3) is 0.333. The predicted molar refractivity (Wildman–Crippen MR) is 99.2 cm³/mol. The van der Waals surface area contributed by atoms with Gasteiger partial charge in [-0.1, -0.05) is 42.5 Å². The van der Waals surface area contributed by atoms with Crippen molar-refractivity contribution in [2.75, 3.05) is 13.1 Å². The van der Waals surface area contributed by atoms with E-state index in [0.29, 0.717) is 0 Å². The molecule has 0 radical (unpaired) electrons. The van der Waals surface area contributed by atoms with E-state index in [1.807, 2.05) is 42.6 Å². The zero-order valence-corrected chi connectivity index (χ0v) is 14.3. The van der Waals surface area contributed by atoms with Crippen LogP contribution in [-0.2, 0) is 4.79 Å². The van der Waals surface area contributed by atoms with Crippen molar-refractivity contribution in [2.45, 2.75) is 31.7 Å². The van der Waals surface area contributed by atoms with Crippen LogP contribution in [0.2, 0.25) is 0 Å². The average molecular weight is 336 g/mol. The van der Waals surface area contributed by atoms with E-state index in [1.165, 1.54) is 0 Å². The number of aromatic nitrogens is 1. The van der Waals surface area contributed by atoms with Crippen molar-refractivity contribution < 1.29 is 9.90 Å². The number of carbonyl (C=O) groups is 1. The first-order valence-electron chi connectivity index (χ1n) is 8.87. The van der Waals surface area contributed by atoms with Gasteiger partial charge in [-0.25, -0.2) is 0 Å². The third-order valence-corrected chi connectivity index (χ3v) is 4.70. The Morgan fingerprint density at radius 2 is 2.00 bits per heavy atom. The smallest absolute Gasteiger partial charge is 0.304 e. The van der Waals surface area contributed by atoms with Crippen LogP contribution in [0.4, 0.5) is 0 Å². The molecule has 4 nitrogen and oxygen atoms in total. The number of pyridine rings is 1. The lowest BCUT2D eigenvalue weighted by molar-refractivity contribution is -0.138. The van der Waals surface area contributed by atoms with Gasteiger partial charge in [0.2, 0.25) is 0 Å². The number of rotatable bonds is 7. The maximum absolute atomic E-state index is 11.0. The van der Waals surface area contributed by atoms with Gasteiger partial charge < -0.3 is 5.11 Å². The van der Waals surface area contributed by atoms with Crippen LogP contribution in [0.3, 0.4) is 0 Å². The minimum atomic E-state index is -0.703. The van der Waals surface area contributed by atoms with Crippen molar-refractivity contribution in [3.05, 3.63) is 72.1 Å². The van der Waals surface area contributed by atoms with Gasteiger partial charge in [0.05, 0.1) is 12.1 Å². The van der Waals surface area contributed by atoms with E-state index >= 15 is 0 Å². The van der Waals surface area contributed by atoms with Crippen molar-refractivity contribution in [3.8, 4) is 0 Å². The molecule has 1 aliphatic rings. The van der Waals surface area contributed by atoms with Crippen LogP contribution in [-0.4, -0.2) is 40.1 Å². The summed E-state index contributed by atoms with van der Waals surface area (Å²) in [7, 11) is 0. The molecule has 1 saturated heterocycles. The average Bonchev–Trinajstić information content (AvgIpc) is 3.06. The summed E-state index contributed by atoms with van der Waals surface area (Å²) in [4.78, 5) is 17.8. The first kappa shape index (κ1) is 17.4. The van der Waals surface area contributed by atoms with Gasteiger partial charge in [-0.2, -0.15) is 0 Å². The highest BCUT2D eigenvalue weighted by Crippen LogP contribution is 2.24. The zero-order chi connectivity index (χ0) is 17.5. The van der Waals surface area contributed by atoms with Crippen molar-refractivity contribution in [1.82, 2.24) is 9.88 Å². The van der Waals surface area contributed by atoms with Crippen LogP contribution in [0, 0.1) is 0 Å². The van der Waals surface area contributed by atoms with E-state index in [9.17, 15) is 4.79 Å². The van der Waals surface area contributed by atoms with Crippen LogP contribution in [0.5, 0.6) is 0 Å². The number of nitrogens with zero attached hydrogens (tertiary/aromatic N) is 2. The van der Waals surface area contributed by atoms with E-state index in [2.05, 4.69) is 28.1 Å². The fourth-order valence-electron chi connectivity index (χ4n) is 3.51. The fourth-order valence-corrected chi connectivity index (χ4v) is 3.51. The first-order valence-corrected chi connectivity index (χ1v) is 8.87. The molecule has 1 aromatic carbocycles. The summed E-state index contributed by atoms with van der Waals surface area (Å²) >= 11 is 0.